The Balaban J connectivity index is 0.000000602. The summed E-state index contributed by atoms with van der Waals surface area (Å²) in [7, 11) is 0. The van der Waals surface area contributed by atoms with Crippen LogP contribution in [0.2, 0.25) is 0 Å². The second-order valence-corrected chi connectivity index (χ2v) is 6.44. The number of alkyl halides is 1. The van der Waals surface area contributed by atoms with Crippen LogP contribution in [-0.2, 0) is 11.8 Å². The number of aliphatic hydroxyl groups excluding tert-OH is 1. The molecule has 22 heavy (non-hydrogen) atoms. The van der Waals surface area contributed by atoms with Gasteiger partial charge in [0, 0.05) is 22.9 Å². The summed E-state index contributed by atoms with van der Waals surface area (Å²) < 4.78 is 6.04. The molecule has 4 aliphatic rings. The summed E-state index contributed by atoms with van der Waals surface area (Å²) in [6, 6.07) is 4.14. The van der Waals surface area contributed by atoms with Gasteiger partial charge in [-0.2, -0.15) is 0 Å². The smallest absolute Gasteiger partial charge is 0.165 e. The molecule has 118 valence electrons. The number of aromatic hydroxyl groups is 1. The second kappa shape index (κ2) is 5.11. The van der Waals surface area contributed by atoms with Crippen molar-refractivity contribution >= 4 is 22.6 Å². The lowest BCUT2D eigenvalue weighted by molar-refractivity contribution is -0.0177. The molecule has 5 rings (SSSR count). The summed E-state index contributed by atoms with van der Waals surface area (Å²) in [5.74, 6) is 1.16. The lowest BCUT2D eigenvalue weighted by atomic mass is 9.54. The lowest BCUT2D eigenvalue weighted by Crippen LogP contribution is -2.64. The quantitative estimate of drug-likeness (QED) is 0.346. The zero-order valence-corrected chi connectivity index (χ0v) is 14.6. The first kappa shape index (κ1) is 14.8. The third-order valence-electron chi connectivity index (χ3n) is 5.68. The topological polar surface area (TPSA) is 61.7 Å². The Morgan fingerprint density at radius 3 is 2.95 bits per heavy atom. The molecule has 5 atom stereocenters. The van der Waals surface area contributed by atoms with Gasteiger partial charge in [-0.05, 0) is 35.9 Å². The number of hydrogen-bond donors (Lipinski definition) is 3. The number of halogens is 1. The zero-order chi connectivity index (χ0) is 15.5. The van der Waals surface area contributed by atoms with Gasteiger partial charge in [0.1, 0.15) is 12.2 Å². The lowest BCUT2D eigenvalue weighted by Gasteiger charge is -2.53. The van der Waals surface area contributed by atoms with E-state index < -0.39 is 6.10 Å². The highest BCUT2D eigenvalue weighted by Crippen LogP contribution is 2.61. The van der Waals surface area contributed by atoms with Gasteiger partial charge in [-0.1, -0.05) is 40.8 Å². The molecule has 0 saturated carbocycles. The van der Waals surface area contributed by atoms with E-state index in [4.69, 9.17) is 4.74 Å². The number of benzene rings is 1. The number of rotatable bonds is 0. The maximum atomic E-state index is 10.4. The minimum absolute atomic E-state index is 0.161. The molecule has 2 aliphatic carbocycles. The molecule has 1 aromatic rings. The highest BCUT2D eigenvalue weighted by atomic mass is 127. The van der Waals surface area contributed by atoms with Crippen molar-refractivity contribution in [3.8, 4) is 11.5 Å². The molecule has 0 amide bonds. The van der Waals surface area contributed by atoms with Crippen molar-refractivity contribution in [1.29, 1.82) is 0 Å². The fourth-order valence-electron chi connectivity index (χ4n) is 4.98. The Kier molecular flexibility index (Phi) is 3.43. The van der Waals surface area contributed by atoms with Gasteiger partial charge >= 0.3 is 0 Å². The minimum Gasteiger partial charge on any atom is -0.504 e. The zero-order valence-electron chi connectivity index (χ0n) is 12.4. The Morgan fingerprint density at radius 1 is 1.32 bits per heavy atom. The molecule has 4 nitrogen and oxygen atoms in total. The number of phenolic OH excluding ortho intramolecular Hbond substituents is 1. The summed E-state index contributed by atoms with van der Waals surface area (Å²) >= 11 is 2.15. The first-order valence-corrected chi connectivity index (χ1v) is 9.87. The standard InChI is InChI=1S/C16H17NO3.CH3I/c18-11-3-1-8-7-10-9-2-4-12(19)15-16(9,5-6-17-10)13(8)14(11)20-15;1-2/h1-4,9-10,12,15,17-19H,5-7H2;1H3/t9-,10+,12-,15-,16-;/m0./s1. The van der Waals surface area contributed by atoms with Crippen LogP contribution in [0.4, 0.5) is 0 Å². The maximum Gasteiger partial charge on any atom is 0.165 e. The molecule has 2 heterocycles. The SMILES string of the molecule is CI.Oc1ccc2c3c1O[C@H]1[C@@H](O)C=C[C@H]4[C@@H](C2)NCC[C@@]341. The highest BCUT2D eigenvalue weighted by molar-refractivity contribution is 14.1. The van der Waals surface area contributed by atoms with Crippen molar-refractivity contribution < 1.29 is 14.9 Å². The van der Waals surface area contributed by atoms with Crippen molar-refractivity contribution in [3.05, 3.63) is 35.4 Å². The Labute approximate surface area is 143 Å². The summed E-state index contributed by atoms with van der Waals surface area (Å²) in [4.78, 5) is 1.97. The predicted molar refractivity (Wildman–Crippen MR) is 92.9 cm³/mol. The van der Waals surface area contributed by atoms with E-state index in [1.165, 1.54) is 5.56 Å². The molecule has 3 N–H and O–H groups in total. The largest absolute Gasteiger partial charge is 0.504 e. The van der Waals surface area contributed by atoms with Crippen LogP contribution in [0.1, 0.15) is 17.5 Å². The van der Waals surface area contributed by atoms with Gasteiger partial charge in [0.2, 0.25) is 0 Å². The van der Waals surface area contributed by atoms with Crippen molar-refractivity contribution in [1.82, 2.24) is 5.32 Å². The van der Waals surface area contributed by atoms with Crippen LogP contribution in [0.15, 0.2) is 24.3 Å². The summed E-state index contributed by atoms with van der Waals surface area (Å²) in [6.07, 6.45) is 5.08. The average Bonchev–Trinajstić information content (AvgIpc) is 2.88. The monoisotopic (exact) mass is 413 g/mol. The van der Waals surface area contributed by atoms with Crippen LogP contribution in [0.5, 0.6) is 11.5 Å². The molecular weight excluding hydrogens is 393 g/mol. The van der Waals surface area contributed by atoms with Gasteiger partial charge in [0.05, 0.1) is 0 Å². The number of phenols is 1. The van der Waals surface area contributed by atoms with Crippen LogP contribution in [-0.4, -0.2) is 39.9 Å². The summed E-state index contributed by atoms with van der Waals surface area (Å²) in [6.45, 7) is 0.941. The van der Waals surface area contributed by atoms with E-state index in [1.54, 1.807) is 6.07 Å². The maximum absolute atomic E-state index is 10.4. The van der Waals surface area contributed by atoms with E-state index in [2.05, 4.69) is 34.0 Å². The van der Waals surface area contributed by atoms with Crippen molar-refractivity contribution in [2.24, 2.45) is 5.92 Å². The van der Waals surface area contributed by atoms with Crippen LogP contribution in [0.25, 0.3) is 0 Å². The minimum atomic E-state index is -0.595. The van der Waals surface area contributed by atoms with E-state index in [0.717, 1.165) is 24.9 Å². The van der Waals surface area contributed by atoms with Gasteiger partial charge in [0.25, 0.3) is 0 Å². The molecule has 2 aliphatic heterocycles. The van der Waals surface area contributed by atoms with Crippen LogP contribution < -0.4 is 10.1 Å². The van der Waals surface area contributed by atoms with Crippen LogP contribution in [0.3, 0.4) is 0 Å². The Morgan fingerprint density at radius 2 is 2.14 bits per heavy atom. The van der Waals surface area contributed by atoms with Gasteiger partial charge in [-0.25, -0.2) is 0 Å². The van der Waals surface area contributed by atoms with E-state index in [1.807, 2.05) is 17.1 Å². The number of aliphatic hydroxyl groups is 1. The third-order valence-corrected chi connectivity index (χ3v) is 5.68. The van der Waals surface area contributed by atoms with Gasteiger partial charge in [-0.15, -0.1) is 0 Å². The summed E-state index contributed by atoms with van der Waals surface area (Å²) in [5, 5.41) is 24.1. The summed E-state index contributed by atoms with van der Waals surface area (Å²) in [5.41, 5.74) is 2.26. The highest BCUT2D eigenvalue weighted by Gasteiger charge is 2.63. The first-order chi connectivity index (χ1) is 10.7. The van der Waals surface area contributed by atoms with E-state index >= 15 is 0 Å². The number of nitrogens with one attached hydrogen (secondary N) is 1. The number of piperidine rings is 1. The molecule has 5 heteroatoms. The Bertz CT molecular complexity index is 647. The molecule has 0 radical (unpaired) electrons. The van der Waals surface area contributed by atoms with Crippen molar-refractivity contribution in [2.45, 2.75) is 36.5 Å². The molecule has 0 unspecified atom stereocenters. The van der Waals surface area contributed by atoms with E-state index in [-0.39, 0.29) is 17.3 Å². The van der Waals surface area contributed by atoms with Crippen molar-refractivity contribution in [2.75, 3.05) is 11.5 Å². The first-order valence-electron chi connectivity index (χ1n) is 7.71. The van der Waals surface area contributed by atoms with Gasteiger partial charge < -0.3 is 20.3 Å². The molecule has 0 aromatic heterocycles. The molecular formula is C17H20INO3. The molecule has 1 aromatic carbocycles. The fourth-order valence-corrected chi connectivity index (χ4v) is 4.98. The van der Waals surface area contributed by atoms with Gasteiger partial charge in [-0.3, -0.25) is 0 Å². The van der Waals surface area contributed by atoms with E-state index in [0.29, 0.717) is 17.7 Å². The third kappa shape index (κ3) is 1.65. The molecule has 1 spiro atoms. The number of ether oxygens (including phenoxy) is 1. The van der Waals surface area contributed by atoms with Gasteiger partial charge in [0.15, 0.2) is 11.5 Å². The molecule has 2 bridgehead atoms. The van der Waals surface area contributed by atoms with Crippen molar-refractivity contribution in [3.63, 3.8) is 0 Å². The average molecular weight is 413 g/mol. The normalized spacial score (nSPS) is 39.4. The Hall–Kier alpha value is -0.790. The van der Waals surface area contributed by atoms with Crippen LogP contribution in [0, 0.1) is 5.92 Å². The second-order valence-electron chi connectivity index (χ2n) is 6.44. The molecule has 1 saturated heterocycles. The number of hydrogen-bond acceptors (Lipinski definition) is 4. The van der Waals surface area contributed by atoms with E-state index in [9.17, 15) is 10.2 Å². The molecule has 1 fully saturated rings. The van der Waals surface area contributed by atoms with Crippen LogP contribution >= 0.6 is 22.6 Å². The predicted octanol–water partition coefficient (Wildman–Crippen LogP) is 1.91. The fraction of sp³-hybridized carbons (Fsp3) is 0.529.